The van der Waals surface area contributed by atoms with E-state index >= 15 is 0 Å². The lowest BCUT2D eigenvalue weighted by atomic mass is 10.1. The third-order valence-electron chi connectivity index (χ3n) is 5.32. The molecule has 0 N–H and O–H groups in total. The summed E-state index contributed by atoms with van der Waals surface area (Å²) in [5.41, 5.74) is 3.51. The van der Waals surface area contributed by atoms with Gasteiger partial charge in [0.05, 0.1) is 46.2 Å². The Morgan fingerprint density at radius 3 is 1.86 bits per heavy atom. The normalized spacial score (nSPS) is 10.0. The van der Waals surface area contributed by atoms with Crippen LogP contribution in [0, 0.1) is 56.7 Å². The molecule has 4 rings (SSSR count). The number of hydrogen-bond acceptors (Lipinski definition) is 8. The Labute approximate surface area is 205 Å². The number of aromatic nitrogens is 4. The molecule has 0 unspecified atom stereocenters. The smallest absolute Gasteiger partial charge is 0.261 e. The lowest BCUT2D eigenvalue weighted by molar-refractivity contribution is -0.385. The monoisotopic (exact) mass is 484 g/mol. The van der Waals surface area contributed by atoms with Crippen molar-refractivity contribution in [2.45, 2.75) is 26.9 Å². The molecule has 36 heavy (non-hydrogen) atoms. The van der Waals surface area contributed by atoms with Crippen LogP contribution >= 0.6 is 0 Å². The van der Waals surface area contributed by atoms with Crippen LogP contribution in [0.2, 0.25) is 0 Å². The number of nitro groups is 2. The van der Waals surface area contributed by atoms with E-state index in [0.717, 1.165) is 11.1 Å². The summed E-state index contributed by atoms with van der Waals surface area (Å²) in [4.78, 5) is 20.5. The highest BCUT2D eigenvalue weighted by Crippen LogP contribution is 2.19. The zero-order valence-corrected chi connectivity index (χ0v) is 19.4. The van der Waals surface area contributed by atoms with Crippen LogP contribution in [0.3, 0.4) is 0 Å². The Morgan fingerprint density at radius 2 is 1.39 bits per heavy atom. The van der Waals surface area contributed by atoms with E-state index in [4.69, 9.17) is 10.5 Å². The number of rotatable bonds is 6. The van der Waals surface area contributed by atoms with Crippen LogP contribution in [0.25, 0.3) is 0 Å². The van der Waals surface area contributed by atoms with Gasteiger partial charge in [-0.05, 0) is 37.1 Å². The molecule has 0 spiro atoms. The van der Waals surface area contributed by atoms with Crippen molar-refractivity contribution in [2.24, 2.45) is 0 Å². The van der Waals surface area contributed by atoms with Gasteiger partial charge < -0.3 is 0 Å². The fourth-order valence-electron chi connectivity index (χ4n) is 3.41. The number of nitrogens with zero attached hydrogens (tertiary/aromatic N) is 8. The van der Waals surface area contributed by atoms with E-state index in [1.54, 1.807) is 44.2 Å². The third kappa shape index (κ3) is 5.76. The summed E-state index contributed by atoms with van der Waals surface area (Å²) in [6, 6.07) is 18.4. The van der Waals surface area contributed by atoms with E-state index in [0.29, 0.717) is 35.6 Å². The first-order chi connectivity index (χ1) is 17.2. The minimum absolute atomic E-state index is 0.00978. The first-order valence-electron chi connectivity index (χ1n) is 10.6. The molecule has 0 aliphatic heterocycles. The lowest BCUT2D eigenvalue weighted by Gasteiger charge is -2.05. The Balaban J connectivity index is 0.000000201. The number of nitriles is 2. The van der Waals surface area contributed by atoms with Crippen LogP contribution in [-0.4, -0.2) is 29.4 Å². The van der Waals surface area contributed by atoms with E-state index < -0.39 is 9.85 Å². The largest absolute Gasteiger partial charge is 0.309 e. The zero-order chi connectivity index (χ0) is 26.2. The van der Waals surface area contributed by atoms with Gasteiger partial charge >= 0.3 is 11.4 Å². The first kappa shape index (κ1) is 25.3. The summed E-state index contributed by atoms with van der Waals surface area (Å²) in [5, 5.41) is 47.4. The maximum absolute atomic E-state index is 10.7. The fourth-order valence-corrected chi connectivity index (χ4v) is 3.41. The highest BCUT2D eigenvalue weighted by molar-refractivity contribution is 5.39. The van der Waals surface area contributed by atoms with Crippen LogP contribution in [0.5, 0.6) is 0 Å². The Morgan fingerprint density at radius 1 is 0.861 bits per heavy atom. The molecule has 12 nitrogen and oxygen atoms in total. The van der Waals surface area contributed by atoms with Gasteiger partial charge in [0.25, 0.3) is 0 Å². The van der Waals surface area contributed by atoms with Crippen LogP contribution in [0.15, 0.2) is 60.9 Å². The first-order valence-corrected chi connectivity index (χ1v) is 10.6. The SMILES string of the molecule is Cc1c([N+](=O)[O-])cnn1Cc1ccccc1C#N.Cc1nn(Cc2ccccc2C#N)cc1[N+](=O)[O-]. The molecule has 0 saturated heterocycles. The summed E-state index contributed by atoms with van der Waals surface area (Å²) in [5.74, 6) is 0. The predicted octanol–water partition coefficient (Wildman–Crippen LogP) is 4.04. The maximum Gasteiger partial charge on any atom is 0.309 e. The van der Waals surface area contributed by atoms with E-state index in [9.17, 15) is 20.2 Å². The molecule has 4 aromatic rings. The van der Waals surface area contributed by atoms with Crippen molar-refractivity contribution < 1.29 is 9.85 Å². The molecular weight excluding hydrogens is 464 g/mol. The molecule has 0 amide bonds. The summed E-state index contributed by atoms with van der Waals surface area (Å²) in [6.07, 6.45) is 2.60. The molecule has 2 aromatic carbocycles. The van der Waals surface area contributed by atoms with Crippen LogP contribution in [0.4, 0.5) is 11.4 Å². The maximum atomic E-state index is 10.7. The van der Waals surface area contributed by atoms with Crippen molar-refractivity contribution in [2.75, 3.05) is 0 Å². The van der Waals surface area contributed by atoms with Gasteiger partial charge in [-0.15, -0.1) is 0 Å². The average molecular weight is 484 g/mol. The second-order valence-electron chi connectivity index (χ2n) is 7.62. The summed E-state index contributed by atoms with van der Waals surface area (Å²) < 4.78 is 3.00. The zero-order valence-electron chi connectivity index (χ0n) is 19.4. The topological polar surface area (TPSA) is 169 Å². The number of hydrogen-bond donors (Lipinski definition) is 0. The molecule has 0 aliphatic rings. The molecular formula is C24H20N8O4. The van der Waals surface area contributed by atoms with E-state index in [1.165, 1.54) is 21.8 Å². The van der Waals surface area contributed by atoms with Gasteiger partial charge in [-0.2, -0.15) is 20.7 Å². The van der Waals surface area contributed by atoms with Gasteiger partial charge in [-0.3, -0.25) is 29.6 Å². The second-order valence-corrected chi connectivity index (χ2v) is 7.62. The molecule has 0 bridgehead atoms. The fraction of sp³-hybridized carbons (Fsp3) is 0.167. The molecule has 0 fully saturated rings. The Hall–Kier alpha value is -5.36. The van der Waals surface area contributed by atoms with Gasteiger partial charge in [-0.1, -0.05) is 36.4 Å². The lowest BCUT2D eigenvalue weighted by Crippen LogP contribution is -2.05. The van der Waals surface area contributed by atoms with Crippen LogP contribution in [-0.2, 0) is 13.1 Å². The van der Waals surface area contributed by atoms with Gasteiger partial charge in [-0.25, -0.2) is 0 Å². The molecule has 0 saturated carbocycles. The van der Waals surface area contributed by atoms with Crippen molar-refractivity contribution in [1.29, 1.82) is 10.5 Å². The van der Waals surface area contributed by atoms with Crippen molar-refractivity contribution in [1.82, 2.24) is 19.6 Å². The highest BCUT2D eigenvalue weighted by atomic mass is 16.6. The molecule has 2 aromatic heterocycles. The third-order valence-corrected chi connectivity index (χ3v) is 5.32. The summed E-state index contributed by atoms with van der Waals surface area (Å²) in [6.45, 7) is 3.92. The predicted molar refractivity (Wildman–Crippen MR) is 128 cm³/mol. The van der Waals surface area contributed by atoms with E-state index in [2.05, 4.69) is 22.3 Å². The van der Waals surface area contributed by atoms with E-state index in [-0.39, 0.29) is 11.4 Å². The Bertz CT molecular complexity index is 1500. The molecule has 2 heterocycles. The molecule has 12 heteroatoms. The van der Waals surface area contributed by atoms with Gasteiger partial charge in [0.2, 0.25) is 0 Å². The van der Waals surface area contributed by atoms with Crippen molar-refractivity contribution >= 4 is 11.4 Å². The van der Waals surface area contributed by atoms with Gasteiger partial charge in [0.1, 0.15) is 23.8 Å². The minimum Gasteiger partial charge on any atom is -0.261 e. The van der Waals surface area contributed by atoms with E-state index in [1.807, 2.05) is 18.2 Å². The number of benzene rings is 2. The summed E-state index contributed by atoms with van der Waals surface area (Å²) >= 11 is 0. The Kier molecular flexibility index (Phi) is 7.84. The van der Waals surface area contributed by atoms with Crippen molar-refractivity contribution in [3.8, 4) is 12.1 Å². The summed E-state index contributed by atoms with van der Waals surface area (Å²) in [7, 11) is 0. The van der Waals surface area contributed by atoms with Crippen molar-refractivity contribution in [3.63, 3.8) is 0 Å². The van der Waals surface area contributed by atoms with Crippen LogP contribution < -0.4 is 0 Å². The number of aryl methyl sites for hydroxylation is 1. The molecule has 0 atom stereocenters. The average Bonchev–Trinajstić information content (AvgIpc) is 3.42. The quantitative estimate of drug-likeness (QED) is 0.291. The molecule has 180 valence electrons. The highest BCUT2D eigenvalue weighted by Gasteiger charge is 2.17. The minimum atomic E-state index is -0.463. The molecule has 0 radical (unpaired) electrons. The van der Waals surface area contributed by atoms with Crippen molar-refractivity contribution in [3.05, 3.63) is 115 Å². The van der Waals surface area contributed by atoms with Gasteiger partial charge in [0.15, 0.2) is 0 Å². The second kappa shape index (κ2) is 11.2. The van der Waals surface area contributed by atoms with Crippen LogP contribution in [0.1, 0.15) is 33.6 Å². The van der Waals surface area contributed by atoms with Gasteiger partial charge in [0, 0.05) is 0 Å². The molecule has 0 aliphatic carbocycles. The standard InChI is InChI=1S/2C12H10N4O2/c1-9-12(16(17)18)7-14-15(9)8-11-5-3-2-4-10(11)6-13;1-9-12(16(17)18)8-15(14-9)7-11-5-3-2-4-10(11)6-13/h2-5,7H,8H2,1H3;2-5,8H,7H2,1H3.